The summed E-state index contributed by atoms with van der Waals surface area (Å²) in [5.41, 5.74) is 1.64. The molecular weight excluding hydrogens is 835 g/mol. The van der Waals surface area contributed by atoms with E-state index in [1.165, 1.54) is 109 Å². The van der Waals surface area contributed by atoms with Crippen LogP contribution in [0.5, 0.6) is 0 Å². The number of carbonyl (C=O) groups excluding carboxylic acids is 3. The van der Waals surface area contributed by atoms with Crippen LogP contribution in [0.1, 0.15) is 192 Å². The second-order valence-corrected chi connectivity index (χ2v) is 18.5. The first kappa shape index (κ1) is 56.8. The number of carbonyl (C=O) groups is 3. The molecule has 1 heterocycles. The van der Waals surface area contributed by atoms with Gasteiger partial charge in [0, 0.05) is 13.0 Å². The summed E-state index contributed by atoms with van der Waals surface area (Å²) >= 11 is 0. The third kappa shape index (κ3) is 23.9. The number of benzene rings is 2. The Morgan fingerprint density at radius 2 is 1.08 bits per heavy atom. The number of aliphatic hydroxyl groups excluding tert-OH is 3. The fourth-order valence-electron chi connectivity index (χ4n) is 8.70. The van der Waals surface area contributed by atoms with E-state index in [-0.39, 0.29) is 32.1 Å². The highest BCUT2D eigenvalue weighted by atomic mass is 16.6. The van der Waals surface area contributed by atoms with Crippen molar-refractivity contribution in [1.82, 2.24) is 15.5 Å². The molecule has 1 aliphatic rings. The molecule has 0 unspecified atom stereocenters. The second kappa shape index (κ2) is 36.5. The lowest BCUT2D eigenvalue weighted by atomic mass is 9.94. The first-order valence-corrected chi connectivity index (χ1v) is 26.1. The average molecular weight is 924 g/mol. The minimum Gasteiger partial charge on any atom is -0.445 e. The van der Waals surface area contributed by atoms with Gasteiger partial charge in [-0.3, -0.25) is 9.59 Å². The van der Waals surface area contributed by atoms with Crippen LogP contribution in [0.3, 0.4) is 0 Å². The van der Waals surface area contributed by atoms with Crippen LogP contribution in [0.15, 0.2) is 60.7 Å². The van der Waals surface area contributed by atoms with Gasteiger partial charge in [0.2, 0.25) is 11.8 Å². The Kier molecular flexibility index (Phi) is 31.4. The van der Waals surface area contributed by atoms with Crippen molar-refractivity contribution in [3.63, 3.8) is 0 Å². The van der Waals surface area contributed by atoms with Gasteiger partial charge in [0.25, 0.3) is 0 Å². The highest BCUT2D eigenvalue weighted by Gasteiger charge is 2.48. The van der Waals surface area contributed by atoms with Crippen LogP contribution < -0.4 is 10.6 Å². The smallest absolute Gasteiger partial charge is 0.408 e. The Hall–Kier alpha value is -3.55. The molecule has 374 valence electrons. The van der Waals surface area contributed by atoms with E-state index in [4.69, 9.17) is 14.2 Å². The van der Waals surface area contributed by atoms with Crippen molar-refractivity contribution in [1.29, 1.82) is 0 Å². The summed E-state index contributed by atoms with van der Waals surface area (Å²) in [6.07, 6.45) is 23.3. The maximum atomic E-state index is 14.2. The van der Waals surface area contributed by atoms with E-state index in [0.717, 1.165) is 49.7 Å². The number of amides is 3. The number of aliphatic hydroxyl groups is 3. The Bertz CT molecular complexity index is 1520. The quantitative estimate of drug-likeness (QED) is 0.0412. The standard InChI is InChI=1S/C54H89N3O9/c1-3-5-7-9-11-13-14-15-16-17-18-19-21-23-25-33-39-57(48(59)38-32-24-22-20-12-10-8-6-4-2)53-49(51(61)50(60)47(40-58)66-53)56-52(62)46(43-64-41-44-34-28-26-29-35-44)55-54(63)65-42-45-36-30-27-31-37-45/h26-31,34-37,46-47,49-51,53,58,60-61H,3-25,32-33,38-43H2,1-2H3,(H,55,63)(H,56,62)/t46-,47+,49+,50+,51+,53+/m0/s1. The van der Waals surface area contributed by atoms with E-state index in [1.54, 1.807) is 4.90 Å². The Morgan fingerprint density at radius 3 is 1.56 bits per heavy atom. The molecule has 0 saturated carbocycles. The SMILES string of the molecule is CCCCCCCCCCCCCCCCCCN(C(=O)CCCCCCCCCCC)[C@@H]1O[C@H](CO)[C@@H](O)[C@H](O)[C@H]1NC(=O)[C@H](COCc1ccccc1)NC(=O)OCc1ccccc1. The lowest BCUT2D eigenvalue weighted by Gasteiger charge is -2.47. The van der Waals surface area contributed by atoms with Gasteiger partial charge in [-0.25, -0.2) is 4.79 Å². The second-order valence-electron chi connectivity index (χ2n) is 18.5. The van der Waals surface area contributed by atoms with Crippen molar-refractivity contribution in [3.05, 3.63) is 71.8 Å². The molecule has 0 spiro atoms. The predicted octanol–water partition coefficient (Wildman–Crippen LogP) is 10.4. The van der Waals surface area contributed by atoms with Gasteiger partial charge in [0.1, 0.15) is 37.0 Å². The van der Waals surface area contributed by atoms with Crippen LogP contribution in [-0.4, -0.2) is 94.5 Å². The topological polar surface area (TPSA) is 167 Å². The summed E-state index contributed by atoms with van der Waals surface area (Å²) < 4.78 is 17.6. The number of nitrogens with zero attached hydrogens (tertiary/aromatic N) is 1. The Labute approximate surface area is 398 Å². The number of unbranched alkanes of at least 4 members (excludes halogenated alkanes) is 23. The number of nitrogens with one attached hydrogen (secondary N) is 2. The van der Waals surface area contributed by atoms with Gasteiger partial charge < -0.3 is 45.1 Å². The van der Waals surface area contributed by atoms with Crippen molar-refractivity contribution in [2.75, 3.05) is 19.8 Å². The number of hydrogen-bond donors (Lipinski definition) is 5. The molecule has 0 bridgehead atoms. The summed E-state index contributed by atoms with van der Waals surface area (Å²) in [6.45, 7) is 4.10. The number of rotatable bonds is 38. The van der Waals surface area contributed by atoms with Gasteiger partial charge in [-0.1, -0.05) is 222 Å². The predicted molar refractivity (Wildman–Crippen MR) is 262 cm³/mol. The van der Waals surface area contributed by atoms with Crippen molar-refractivity contribution in [2.45, 2.75) is 231 Å². The van der Waals surface area contributed by atoms with Gasteiger partial charge in [0.15, 0.2) is 6.23 Å². The average Bonchev–Trinajstić information content (AvgIpc) is 3.33. The molecule has 1 fully saturated rings. The number of ether oxygens (including phenoxy) is 3. The molecule has 6 atom stereocenters. The zero-order chi connectivity index (χ0) is 47.5. The highest BCUT2D eigenvalue weighted by molar-refractivity contribution is 5.86. The molecule has 12 nitrogen and oxygen atoms in total. The fraction of sp³-hybridized carbons (Fsp3) is 0.722. The monoisotopic (exact) mass is 924 g/mol. The van der Waals surface area contributed by atoms with Crippen molar-refractivity contribution >= 4 is 17.9 Å². The number of hydrogen-bond acceptors (Lipinski definition) is 9. The van der Waals surface area contributed by atoms with Crippen LogP contribution >= 0.6 is 0 Å². The van der Waals surface area contributed by atoms with Crippen molar-refractivity contribution < 1.29 is 43.9 Å². The van der Waals surface area contributed by atoms with E-state index < -0.39 is 55.2 Å². The summed E-state index contributed by atoms with van der Waals surface area (Å²) in [6, 6.07) is 16.0. The molecular formula is C54H89N3O9. The summed E-state index contributed by atoms with van der Waals surface area (Å²) in [7, 11) is 0. The van der Waals surface area contributed by atoms with Crippen molar-refractivity contribution in [3.8, 4) is 0 Å². The zero-order valence-electron chi connectivity index (χ0n) is 40.9. The van der Waals surface area contributed by atoms with Gasteiger partial charge in [-0.2, -0.15) is 0 Å². The maximum Gasteiger partial charge on any atom is 0.408 e. The molecule has 66 heavy (non-hydrogen) atoms. The Balaban J connectivity index is 1.67. The van der Waals surface area contributed by atoms with E-state index in [0.29, 0.717) is 19.4 Å². The minimum atomic E-state index is -1.60. The molecule has 2 aromatic rings. The van der Waals surface area contributed by atoms with Crippen LogP contribution in [0, 0.1) is 0 Å². The van der Waals surface area contributed by atoms with E-state index >= 15 is 0 Å². The largest absolute Gasteiger partial charge is 0.445 e. The van der Waals surface area contributed by atoms with E-state index in [1.807, 2.05) is 60.7 Å². The zero-order valence-corrected chi connectivity index (χ0v) is 40.9. The third-order valence-electron chi connectivity index (χ3n) is 12.8. The molecule has 0 aliphatic carbocycles. The van der Waals surface area contributed by atoms with Gasteiger partial charge in [0.05, 0.1) is 19.8 Å². The molecule has 2 aromatic carbocycles. The molecule has 12 heteroatoms. The molecule has 3 amide bonds. The van der Waals surface area contributed by atoms with Crippen LogP contribution in [0.2, 0.25) is 0 Å². The lowest BCUT2D eigenvalue weighted by molar-refractivity contribution is -0.231. The first-order valence-electron chi connectivity index (χ1n) is 26.1. The summed E-state index contributed by atoms with van der Waals surface area (Å²) in [5, 5.41) is 38.4. The fourth-order valence-corrected chi connectivity index (χ4v) is 8.70. The van der Waals surface area contributed by atoms with E-state index in [2.05, 4.69) is 24.5 Å². The normalized spacial score (nSPS) is 18.7. The highest BCUT2D eigenvalue weighted by Crippen LogP contribution is 2.26. The maximum absolute atomic E-state index is 14.2. The lowest BCUT2D eigenvalue weighted by Crippen LogP contribution is -2.70. The van der Waals surface area contributed by atoms with Gasteiger partial charge in [-0.15, -0.1) is 0 Å². The van der Waals surface area contributed by atoms with Crippen LogP contribution in [0.4, 0.5) is 4.79 Å². The van der Waals surface area contributed by atoms with Crippen LogP contribution in [-0.2, 0) is 37.0 Å². The summed E-state index contributed by atoms with van der Waals surface area (Å²) in [5.74, 6) is -0.894. The van der Waals surface area contributed by atoms with E-state index in [9.17, 15) is 29.7 Å². The van der Waals surface area contributed by atoms with Crippen molar-refractivity contribution in [2.24, 2.45) is 0 Å². The molecule has 1 aliphatic heterocycles. The third-order valence-corrected chi connectivity index (χ3v) is 12.8. The first-order chi connectivity index (χ1) is 32.3. The molecule has 0 radical (unpaired) electrons. The molecule has 5 N–H and O–H groups in total. The number of alkyl carbamates (subject to hydrolysis) is 1. The van der Waals surface area contributed by atoms with Crippen LogP contribution in [0.25, 0.3) is 0 Å². The van der Waals surface area contributed by atoms with Gasteiger partial charge in [-0.05, 0) is 24.0 Å². The molecule has 3 rings (SSSR count). The minimum absolute atomic E-state index is 0.0206. The molecule has 1 saturated heterocycles. The van der Waals surface area contributed by atoms with Gasteiger partial charge >= 0.3 is 6.09 Å². The Morgan fingerprint density at radius 1 is 0.621 bits per heavy atom. The molecule has 0 aromatic heterocycles. The summed E-state index contributed by atoms with van der Waals surface area (Å²) in [4.78, 5) is 43.1.